The molecular formula is C27H34N4O4. The number of carbonyl (C=O) groups is 3. The number of nitrogens with one attached hydrogen (secondary N) is 1. The van der Waals surface area contributed by atoms with Gasteiger partial charge in [-0.3, -0.25) is 14.4 Å². The molecule has 0 bridgehead atoms. The van der Waals surface area contributed by atoms with Crippen LogP contribution in [0.4, 0.5) is 5.69 Å². The van der Waals surface area contributed by atoms with Gasteiger partial charge in [0, 0.05) is 44.0 Å². The van der Waals surface area contributed by atoms with Crippen LogP contribution in [0.1, 0.15) is 36.0 Å². The highest BCUT2D eigenvalue weighted by Crippen LogP contribution is 2.35. The second kappa shape index (κ2) is 10.00. The van der Waals surface area contributed by atoms with E-state index in [9.17, 15) is 14.4 Å². The Morgan fingerprint density at radius 1 is 1.11 bits per heavy atom. The van der Waals surface area contributed by atoms with Crippen molar-refractivity contribution in [2.24, 2.45) is 11.8 Å². The summed E-state index contributed by atoms with van der Waals surface area (Å²) in [6.07, 6.45) is 9.05. The van der Waals surface area contributed by atoms with Crippen molar-refractivity contribution >= 4 is 23.3 Å². The monoisotopic (exact) mass is 478 g/mol. The average molecular weight is 479 g/mol. The van der Waals surface area contributed by atoms with Crippen LogP contribution in [0, 0.1) is 24.2 Å². The van der Waals surface area contributed by atoms with Crippen molar-refractivity contribution in [2.45, 2.75) is 43.9 Å². The fourth-order valence-corrected chi connectivity index (χ4v) is 5.99. The number of terminal acetylenes is 1. The average Bonchev–Trinajstić information content (AvgIpc) is 3.62. The first-order valence-electron chi connectivity index (χ1n) is 12.7. The lowest BCUT2D eigenvalue weighted by Gasteiger charge is -2.34. The van der Waals surface area contributed by atoms with Crippen molar-refractivity contribution < 1.29 is 19.1 Å². The Kier molecular flexibility index (Phi) is 6.81. The molecule has 3 aliphatic heterocycles. The van der Waals surface area contributed by atoms with Gasteiger partial charge in [-0.05, 0) is 50.1 Å². The van der Waals surface area contributed by atoms with Gasteiger partial charge in [0.2, 0.25) is 5.91 Å². The van der Waals surface area contributed by atoms with Gasteiger partial charge < -0.3 is 24.8 Å². The van der Waals surface area contributed by atoms with Crippen LogP contribution in [0.3, 0.4) is 0 Å². The van der Waals surface area contributed by atoms with Crippen LogP contribution >= 0.6 is 0 Å². The number of anilines is 1. The number of carbonyl (C=O) groups excluding carboxylic acids is 3. The number of rotatable bonds is 5. The highest BCUT2D eigenvalue weighted by Gasteiger charge is 2.53. The molecule has 186 valence electrons. The lowest BCUT2D eigenvalue weighted by Crippen LogP contribution is -2.54. The van der Waals surface area contributed by atoms with Gasteiger partial charge in [0.1, 0.15) is 24.8 Å². The van der Waals surface area contributed by atoms with Crippen molar-refractivity contribution in [3.63, 3.8) is 0 Å². The number of likely N-dealkylation sites (tertiary alicyclic amines) is 1. The number of fused-ring (bicyclic) bond motifs is 1. The predicted molar refractivity (Wildman–Crippen MR) is 132 cm³/mol. The normalized spacial score (nSPS) is 28.1. The van der Waals surface area contributed by atoms with Crippen LogP contribution in [-0.2, 0) is 14.3 Å². The van der Waals surface area contributed by atoms with E-state index in [2.05, 4.69) is 28.1 Å². The summed E-state index contributed by atoms with van der Waals surface area (Å²) in [5.74, 6) is 1.83. The Labute approximate surface area is 206 Å². The molecule has 3 saturated heterocycles. The lowest BCUT2D eigenvalue weighted by atomic mass is 9.95. The van der Waals surface area contributed by atoms with Gasteiger partial charge in [-0.1, -0.05) is 18.8 Å². The Bertz CT molecular complexity index is 1010. The van der Waals surface area contributed by atoms with E-state index in [0.717, 1.165) is 57.5 Å². The molecule has 2 amide bonds. The predicted octanol–water partition coefficient (Wildman–Crippen LogP) is 1.16. The molecule has 0 unspecified atom stereocenters. The number of nitrogens with zero attached hydrogens (tertiary/aromatic N) is 3. The first kappa shape index (κ1) is 23.8. The summed E-state index contributed by atoms with van der Waals surface area (Å²) in [5, 5.41) is 3.03. The van der Waals surface area contributed by atoms with Gasteiger partial charge in [0.25, 0.3) is 5.91 Å². The van der Waals surface area contributed by atoms with Crippen LogP contribution < -0.4 is 10.2 Å². The summed E-state index contributed by atoms with van der Waals surface area (Å²) < 4.78 is 5.62. The van der Waals surface area contributed by atoms with Crippen LogP contribution in [-0.4, -0.2) is 92.0 Å². The SMILES string of the molecule is C#C[C@@H]1CN(C(=O)[C@@H](NC(=O)c2ccc(N3CCN(C)CC3)cc2)C2CCCC2)[C@@H]2C(=O)CO[C@H]12. The molecule has 5 rings (SSSR count). The third-order valence-electron chi connectivity index (χ3n) is 8.10. The Hall–Kier alpha value is -2.89. The van der Waals surface area contributed by atoms with Gasteiger partial charge >= 0.3 is 0 Å². The van der Waals surface area contributed by atoms with Crippen molar-refractivity contribution in [3.8, 4) is 12.3 Å². The van der Waals surface area contributed by atoms with Crippen LogP contribution in [0.25, 0.3) is 0 Å². The zero-order valence-corrected chi connectivity index (χ0v) is 20.3. The minimum Gasteiger partial charge on any atom is -0.369 e. The maximum atomic E-state index is 13.8. The fourth-order valence-electron chi connectivity index (χ4n) is 5.99. The summed E-state index contributed by atoms with van der Waals surface area (Å²) in [7, 11) is 2.12. The topological polar surface area (TPSA) is 82.2 Å². The minimum absolute atomic E-state index is 0.0165. The zero-order chi connectivity index (χ0) is 24.5. The molecule has 8 nitrogen and oxygen atoms in total. The van der Waals surface area contributed by atoms with E-state index in [0.29, 0.717) is 5.56 Å². The molecule has 1 aromatic rings. The first-order chi connectivity index (χ1) is 17.0. The van der Waals surface area contributed by atoms with E-state index in [-0.39, 0.29) is 42.6 Å². The number of hydrogen-bond donors (Lipinski definition) is 1. The molecule has 1 saturated carbocycles. The molecular weight excluding hydrogens is 444 g/mol. The van der Waals surface area contributed by atoms with E-state index in [1.165, 1.54) is 0 Å². The summed E-state index contributed by atoms with van der Waals surface area (Å²) in [5.41, 5.74) is 1.63. The zero-order valence-electron chi connectivity index (χ0n) is 20.3. The molecule has 35 heavy (non-hydrogen) atoms. The van der Waals surface area contributed by atoms with Crippen molar-refractivity contribution in [1.29, 1.82) is 0 Å². The molecule has 1 aromatic carbocycles. The van der Waals surface area contributed by atoms with Crippen LogP contribution in [0.2, 0.25) is 0 Å². The smallest absolute Gasteiger partial charge is 0.251 e. The van der Waals surface area contributed by atoms with Gasteiger partial charge in [-0.25, -0.2) is 0 Å². The number of ether oxygens (including phenoxy) is 1. The Balaban J connectivity index is 1.31. The summed E-state index contributed by atoms with van der Waals surface area (Å²) in [6.45, 7) is 4.21. The molecule has 0 spiro atoms. The highest BCUT2D eigenvalue weighted by molar-refractivity contribution is 5.99. The third-order valence-corrected chi connectivity index (χ3v) is 8.10. The highest BCUT2D eigenvalue weighted by atomic mass is 16.5. The largest absolute Gasteiger partial charge is 0.369 e. The van der Waals surface area contributed by atoms with E-state index >= 15 is 0 Å². The molecule has 0 radical (unpaired) electrons. The second-order valence-electron chi connectivity index (χ2n) is 10.3. The summed E-state index contributed by atoms with van der Waals surface area (Å²) in [4.78, 5) is 45.7. The second-order valence-corrected chi connectivity index (χ2v) is 10.3. The molecule has 1 N–H and O–H groups in total. The van der Waals surface area contributed by atoms with E-state index in [1.54, 1.807) is 4.90 Å². The molecule has 8 heteroatoms. The molecule has 0 aromatic heterocycles. The fraction of sp³-hybridized carbons (Fsp3) is 0.593. The summed E-state index contributed by atoms with van der Waals surface area (Å²) >= 11 is 0. The molecule has 4 atom stereocenters. The first-order valence-corrected chi connectivity index (χ1v) is 12.7. The lowest BCUT2D eigenvalue weighted by molar-refractivity contribution is -0.139. The number of likely N-dealkylation sites (N-methyl/N-ethyl adjacent to an activating group) is 1. The molecule has 4 aliphatic rings. The Morgan fingerprint density at radius 2 is 1.80 bits per heavy atom. The maximum Gasteiger partial charge on any atom is 0.251 e. The molecule has 3 heterocycles. The number of ketones is 1. The van der Waals surface area contributed by atoms with E-state index in [4.69, 9.17) is 11.2 Å². The van der Waals surface area contributed by atoms with Crippen LogP contribution in [0.15, 0.2) is 24.3 Å². The van der Waals surface area contributed by atoms with Gasteiger partial charge in [-0.15, -0.1) is 6.42 Å². The molecule has 4 fully saturated rings. The number of piperazine rings is 1. The minimum atomic E-state index is -0.673. The van der Waals surface area contributed by atoms with Crippen LogP contribution in [0.5, 0.6) is 0 Å². The van der Waals surface area contributed by atoms with Gasteiger partial charge in [0.15, 0.2) is 5.78 Å². The number of amides is 2. The maximum absolute atomic E-state index is 13.8. The standard InChI is InChI=1S/C27H34N4O4/c1-3-18-16-31(24-22(32)17-35-25(18)24)27(34)23(19-6-4-5-7-19)28-26(33)20-8-10-21(11-9-20)30-14-12-29(2)13-15-30/h1,8-11,18-19,23-25H,4-7,12-17H2,2H3,(H,28,33)/t18-,23+,24-,25-/m1/s1. The molecule has 1 aliphatic carbocycles. The van der Waals surface area contributed by atoms with Crippen molar-refractivity contribution in [3.05, 3.63) is 29.8 Å². The van der Waals surface area contributed by atoms with E-state index in [1.807, 2.05) is 24.3 Å². The Morgan fingerprint density at radius 3 is 2.46 bits per heavy atom. The van der Waals surface area contributed by atoms with Crippen molar-refractivity contribution in [1.82, 2.24) is 15.1 Å². The van der Waals surface area contributed by atoms with Gasteiger partial charge in [-0.2, -0.15) is 0 Å². The number of benzene rings is 1. The van der Waals surface area contributed by atoms with Crippen molar-refractivity contribution in [2.75, 3.05) is 51.3 Å². The number of Topliss-reactive ketones (excluding diaryl/α,β-unsaturated/α-hetero) is 1. The number of hydrogen-bond acceptors (Lipinski definition) is 6. The summed E-state index contributed by atoms with van der Waals surface area (Å²) in [6, 6.07) is 6.29. The van der Waals surface area contributed by atoms with E-state index < -0.39 is 18.2 Å². The third kappa shape index (κ3) is 4.67. The quantitative estimate of drug-likeness (QED) is 0.640. The van der Waals surface area contributed by atoms with Gasteiger partial charge in [0.05, 0.1) is 5.92 Å².